The summed E-state index contributed by atoms with van der Waals surface area (Å²) < 4.78 is 38.2. The smallest absolute Gasteiger partial charge is 0.465 e. The highest BCUT2D eigenvalue weighted by molar-refractivity contribution is 7.82. The van der Waals surface area contributed by atoms with Crippen LogP contribution in [-0.4, -0.2) is 32.3 Å². The number of esters is 1. The quantitative estimate of drug-likeness (QED) is 0.410. The molecule has 11 nitrogen and oxygen atoms in total. The fourth-order valence-electron chi connectivity index (χ4n) is 2.02. The maximum atomic E-state index is 12.1. The first-order valence-corrected chi connectivity index (χ1v) is 8.83. The fraction of sp³-hybridized carbons (Fsp3) is 0.125. The lowest BCUT2D eigenvalue weighted by molar-refractivity contribution is -0.384. The summed E-state index contributed by atoms with van der Waals surface area (Å²) in [5.41, 5.74) is -0.508. The summed E-state index contributed by atoms with van der Waals surface area (Å²) in [7, 11) is -3.67. The molecule has 0 atom stereocenters. The van der Waals surface area contributed by atoms with E-state index in [1.807, 2.05) is 0 Å². The number of nitrogens with zero attached hydrogens (tertiary/aromatic N) is 1. The summed E-state index contributed by atoms with van der Waals surface area (Å²) >= 11 is 0. The van der Waals surface area contributed by atoms with Crippen molar-refractivity contribution in [3.63, 3.8) is 0 Å². The van der Waals surface area contributed by atoms with Gasteiger partial charge < -0.3 is 18.4 Å². The van der Waals surface area contributed by atoms with E-state index in [-0.39, 0.29) is 11.7 Å². The standard InChI is InChI=1S/C16H14N2O9S/c1-10(19)17-11-3-6-13(7-4-11)26-28(23,24)27-15-8-5-12(18(21)22)9-14(15)16(20)25-2/h3-9H,1-2H3,(H,17,19). The van der Waals surface area contributed by atoms with Crippen LogP contribution in [0.1, 0.15) is 17.3 Å². The summed E-state index contributed by atoms with van der Waals surface area (Å²) in [6.45, 7) is 1.31. The lowest BCUT2D eigenvalue weighted by Gasteiger charge is -2.11. The number of rotatable bonds is 7. The number of carbonyl (C=O) groups is 2. The molecule has 0 spiro atoms. The van der Waals surface area contributed by atoms with Crippen LogP contribution < -0.4 is 13.7 Å². The van der Waals surface area contributed by atoms with Gasteiger partial charge in [-0.05, 0) is 30.3 Å². The van der Waals surface area contributed by atoms with Crippen LogP contribution in [-0.2, 0) is 19.9 Å². The molecular weight excluding hydrogens is 396 g/mol. The van der Waals surface area contributed by atoms with E-state index in [1.54, 1.807) is 0 Å². The molecule has 0 aliphatic carbocycles. The van der Waals surface area contributed by atoms with Crippen LogP contribution in [0.5, 0.6) is 11.5 Å². The Bertz CT molecular complexity index is 1020. The number of hydrogen-bond donors (Lipinski definition) is 1. The third kappa shape index (κ3) is 5.41. The Labute approximate surface area is 159 Å². The molecule has 12 heteroatoms. The van der Waals surface area contributed by atoms with Gasteiger partial charge in [0.1, 0.15) is 11.3 Å². The monoisotopic (exact) mass is 410 g/mol. The molecule has 28 heavy (non-hydrogen) atoms. The van der Waals surface area contributed by atoms with Crippen molar-refractivity contribution in [3.05, 3.63) is 58.1 Å². The van der Waals surface area contributed by atoms with E-state index in [2.05, 4.69) is 10.1 Å². The maximum Gasteiger partial charge on any atom is 0.501 e. The Kier molecular flexibility index (Phi) is 6.15. The number of amides is 1. The van der Waals surface area contributed by atoms with Crippen molar-refractivity contribution in [1.29, 1.82) is 0 Å². The molecule has 0 aromatic heterocycles. The lowest BCUT2D eigenvalue weighted by Crippen LogP contribution is -2.18. The fourth-order valence-corrected chi connectivity index (χ4v) is 2.76. The van der Waals surface area contributed by atoms with Gasteiger partial charge in [-0.3, -0.25) is 14.9 Å². The molecule has 0 bridgehead atoms. The predicted octanol–water partition coefficient (Wildman–Crippen LogP) is 2.04. The van der Waals surface area contributed by atoms with Crippen LogP contribution >= 0.6 is 0 Å². The zero-order chi connectivity index (χ0) is 20.9. The summed E-state index contributed by atoms with van der Waals surface area (Å²) in [4.78, 5) is 32.8. The molecule has 2 rings (SSSR count). The Balaban J connectivity index is 2.24. The van der Waals surface area contributed by atoms with Crippen molar-refractivity contribution in [2.24, 2.45) is 0 Å². The van der Waals surface area contributed by atoms with Crippen molar-refractivity contribution in [1.82, 2.24) is 0 Å². The van der Waals surface area contributed by atoms with Gasteiger partial charge in [-0.2, -0.15) is 0 Å². The first-order valence-electron chi connectivity index (χ1n) is 7.49. The average Bonchev–Trinajstić information content (AvgIpc) is 2.61. The molecule has 1 amide bonds. The molecule has 0 aliphatic rings. The van der Waals surface area contributed by atoms with Gasteiger partial charge in [0.25, 0.3) is 5.69 Å². The molecule has 0 unspecified atom stereocenters. The molecule has 0 fully saturated rings. The summed E-state index contributed by atoms with van der Waals surface area (Å²) in [5.74, 6) is -1.98. The van der Waals surface area contributed by atoms with Gasteiger partial charge in [0, 0.05) is 24.7 Å². The van der Waals surface area contributed by atoms with Crippen LogP contribution in [0.2, 0.25) is 0 Å². The molecule has 0 radical (unpaired) electrons. The molecule has 2 aromatic rings. The molecule has 148 valence electrons. The largest absolute Gasteiger partial charge is 0.501 e. The zero-order valence-corrected chi connectivity index (χ0v) is 15.4. The molecular formula is C16H14N2O9S. The van der Waals surface area contributed by atoms with Crippen molar-refractivity contribution in [2.75, 3.05) is 12.4 Å². The number of benzene rings is 2. The van der Waals surface area contributed by atoms with Gasteiger partial charge in [-0.25, -0.2) is 4.79 Å². The van der Waals surface area contributed by atoms with Crippen molar-refractivity contribution < 1.29 is 36.0 Å². The lowest BCUT2D eigenvalue weighted by atomic mass is 10.2. The number of non-ortho nitro benzene ring substituents is 1. The highest BCUT2D eigenvalue weighted by atomic mass is 32.3. The molecule has 0 saturated carbocycles. The minimum atomic E-state index is -4.69. The summed E-state index contributed by atoms with van der Waals surface area (Å²) in [6, 6.07) is 8.05. The first-order chi connectivity index (χ1) is 13.1. The van der Waals surface area contributed by atoms with Gasteiger partial charge in [0.15, 0.2) is 5.75 Å². The van der Waals surface area contributed by atoms with Crippen LogP contribution in [0.4, 0.5) is 11.4 Å². The van der Waals surface area contributed by atoms with Gasteiger partial charge >= 0.3 is 16.4 Å². The van der Waals surface area contributed by atoms with Crippen LogP contribution in [0.15, 0.2) is 42.5 Å². The molecule has 0 aliphatic heterocycles. The Hall–Kier alpha value is -3.67. The Morgan fingerprint density at radius 2 is 1.71 bits per heavy atom. The van der Waals surface area contributed by atoms with E-state index in [0.717, 1.165) is 25.3 Å². The van der Waals surface area contributed by atoms with Crippen LogP contribution in [0, 0.1) is 10.1 Å². The minimum absolute atomic E-state index is 0.129. The van der Waals surface area contributed by atoms with Crippen molar-refractivity contribution in [2.45, 2.75) is 6.92 Å². The molecule has 0 saturated heterocycles. The van der Waals surface area contributed by atoms with Gasteiger partial charge in [-0.1, -0.05) is 0 Å². The van der Waals surface area contributed by atoms with Crippen LogP contribution in [0.25, 0.3) is 0 Å². The van der Waals surface area contributed by atoms with Crippen LogP contribution in [0.3, 0.4) is 0 Å². The number of nitro benzene ring substituents is 1. The number of anilines is 1. The number of ether oxygens (including phenoxy) is 1. The number of nitro groups is 1. The Morgan fingerprint density at radius 3 is 2.25 bits per heavy atom. The van der Waals surface area contributed by atoms with Gasteiger partial charge in [0.2, 0.25) is 5.91 Å². The van der Waals surface area contributed by atoms with E-state index in [0.29, 0.717) is 5.69 Å². The summed E-state index contributed by atoms with van der Waals surface area (Å²) in [5, 5.41) is 13.3. The molecule has 0 heterocycles. The number of carbonyl (C=O) groups excluding carboxylic acids is 2. The second-order valence-corrected chi connectivity index (χ2v) is 6.36. The first kappa shape index (κ1) is 20.6. The average molecular weight is 410 g/mol. The van der Waals surface area contributed by atoms with Crippen molar-refractivity contribution >= 4 is 33.7 Å². The maximum absolute atomic E-state index is 12.1. The molecule has 1 N–H and O–H groups in total. The highest BCUT2D eigenvalue weighted by Gasteiger charge is 2.24. The molecule has 2 aromatic carbocycles. The second kappa shape index (κ2) is 8.35. The van der Waals surface area contributed by atoms with E-state index in [9.17, 15) is 28.1 Å². The van der Waals surface area contributed by atoms with E-state index in [1.165, 1.54) is 31.2 Å². The van der Waals surface area contributed by atoms with Gasteiger partial charge in [0.05, 0.1) is 12.0 Å². The van der Waals surface area contributed by atoms with Crippen molar-refractivity contribution in [3.8, 4) is 11.5 Å². The predicted molar refractivity (Wildman–Crippen MR) is 95.4 cm³/mol. The third-order valence-electron chi connectivity index (χ3n) is 3.14. The third-order valence-corrected chi connectivity index (χ3v) is 3.92. The number of hydrogen-bond acceptors (Lipinski definition) is 9. The van der Waals surface area contributed by atoms with E-state index in [4.69, 9.17) is 8.37 Å². The normalized spacial score (nSPS) is 10.6. The number of nitrogens with one attached hydrogen (secondary N) is 1. The highest BCUT2D eigenvalue weighted by Crippen LogP contribution is 2.27. The minimum Gasteiger partial charge on any atom is -0.465 e. The SMILES string of the molecule is COC(=O)c1cc([N+](=O)[O-])ccc1OS(=O)(=O)Oc1ccc(NC(C)=O)cc1. The van der Waals surface area contributed by atoms with E-state index >= 15 is 0 Å². The topological polar surface area (TPSA) is 151 Å². The van der Waals surface area contributed by atoms with Gasteiger partial charge in [-0.15, -0.1) is 8.42 Å². The van der Waals surface area contributed by atoms with E-state index < -0.39 is 38.3 Å². The summed E-state index contributed by atoms with van der Waals surface area (Å²) in [6.07, 6.45) is 0. The second-order valence-electron chi connectivity index (χ2n) is 5.21. The zero-order valence-electron chi connectivity index (χ0n) is 14.6. The number of methoxy groups -OCH3 is 1. The Morgan fingerprint density at radius 1 is 1.07 bits per heavy atom.